The van der Waals surface area contributed by atoms with Gasteiger partial charge in [-0.15, -0.1) is 0 Å². The van der Waals surface area contributed by atoms with Crippen molar-refractivity contribution in [3.05, 3.63) is 36.5 Å². The Labute approximate surface area is 338 Å². The minimum absolute atomic E-state index is 0.0409. The van der Waals surface area contributed by atoms with Gasteiger partial charge in [0.1, 0.15) is 32.8 Å². The number of ether oxygens (including phenoxy) is 2. The number of rotatable bonds is 38. The molecule has 0 saturated carbocycles. The standard InChI is InChI=1S/C43H80NO5.CH4O4S/c1-4-6-8-10-12-14-16-18-20-22-24-26-28-30-32-34-42(46)48-40-37-44(3,36-39-45)38-41-49-43(47)35-33-31-29-27-25-23-21-19-17-15-13-11-9-7-5-2;1-5-6(2,3)4/h12,14,18-21,45H,4-11,13,15-17,22-41H2,1-3H3;1H3,(H,2,3,4)/q+1;/p-1/b14-12-,20-18-,21-19-;. The Hall–Kier alpha value is -2.05. The van der Waals surface area contributed by atoms with Crippen molar-refractivity contribution in [2.45, 2.75) is 181 Å². The Kier molecular flexibility index (Phi) is 41.6. The number of aliphatic hydroxyl groups excluding tert-OH is 1. The van der Waals surface area contributed by atoms with Crippen molar-refractivity contribution in [2.24, 2.45) is 0 Å². The maximum absolute atomic E-state index is 12.2. The van der Waals surface area contributed by atoms with Gasteiger partial charge in [0.2, 0.25) is 10.4 Å². The van der Waals surface area contributed by atoms with Gasteiger partial charge >= 0.3 is 11.9 Å². The van der Waals surface area contributed by atoms with Gasteiger partial charge in [0, 0.05) is 12.8 Å². The lowest BCUT2D eigenvalue weighted by Gasteiger charge is -2.33. The van der Waals surface area contributed by atoms with Crippen LogP contribution in [0.1, 0.15) is 181 Å². The molecular weight excluding hydrogens is 719 g/mol. The molecule has 0 rings (SSSR count). The van der Waals surface area contributed by atoms with Crippen LogP contribution < -0.4 is 0 Å². The van der Waals surface area contributed by atoms with Crippen molar-refractivity contribution in [2.75, 3.05) is 53.6 Å². The predicted molar refractivity (Wildman–Crippen MR) is 225 cm³/mol. The maximum Gasteiger partial charge on any atom is 0.305 e. The average Bonchev–Trinajstić information content (AvgIpc) is 3.15. The van der Waals surface area contributed by atoms with E-state index in [2.05, 4.69) is 54.5 Å². The van der Waals surface area contributed by atoms with Gasteiger partial charge in [-0.2, -0.15) is 0 Å². The summed E-state index contributed by atoms with van der Waals surface area (Å²) in [6.07, 6.45) is 43.6. The topological polar surface area (TPSA) is 139 Å². The van der Waals surface area contributed by atoms with E-state index in [1.54, 1.807) is 0 Å². The van der Waals surface area contributed by atoms with E-state index in [9.17, 15) is 27.7 Å². The Morgan fingerprint density at radius 1 is 0.564 bits per heavy atom. The molecule has 0 amide bonds. The summed E-state index contributed by atoms with van der Waals surface area (Å²) in [6.45, 7) is 6.91. The second kappa shape index (κ2) is 41.6. The Balaban J connectivity index is 0. The monoisotopic (exact) mass is 802 g/mol. The fourth-order valence-electron chi connectivity index (χ4n) is 5.90. The van der Waals surface area contributed by atoms with Gasteiger partial charge in [0.05, 0.1) is 20.8 Å². The first-order valence-corrected chi connectivity index (χ1v) is 23.1. The van der Waals surface area contributed by atoms with Crippen molar-refractivity contribution in [3.63, 3.8) is 0 Å². The van der Waals surface area contributed by atoms with Gasteiger partial charge in [-0.05, 0) is 70.6 Å². The van der Waals surface area contributed by atoms with E-state index in [0.29, 0.717) is 50.2 Å². The number of nitrogens with zero attached hydrogens (tertiary/aromatic N) is 1. The van der Waals surface area contributed by atoms with Crippen molar-refractivity contribution >= 4 is 22.3 Å². The molecule has 0 bridgehead atoms. The molecule has 0 aromatic heterocycles. The lowest BCUT2D eigenvalue weighted by molar-refractivity contribution is -0.910. The smallest absolute Gasteiger partial charge is 0.305 e. The number of carbonyl (C=O) groups is 2. The quantitative estimate of drug-likeness (QED) is 0.0161. The second-order valence-corrected chi connectivity index (χ2v) is 16.0. The molecule has 0 aromatic rings. The molecule has 0 aliphatic heterocycles. The zero-order valence-electron chi connectivity index (χ0n) is 35.7. The molecule has 0 aromatic carbocycles. The fraction of sp³-hybridized carbons (Fsp3) is 0.818. The minimum atomic E-state index is -4.41. The molecule has 0 spiro atoms. The van der Waals surface area contributed by atoms with E-state index < -0.39 is 10.4 Å². The van der Waals surface area contributed by atoms with Crippen molar-refractivity contribution in [1.29, 1.82) is 0 Å². The van der Waals surface area contributed by atoms with Gasteiger partial charge in [-0.3, -0.25) is 13.8 Å². The number of hydrogen-bond acceptors (Lipinski definition) is 9. The highest BCUT2D eigenvalue weighted by molar-refractivity contribution is 7.80. The van der Waals surface area contributed by atoms with E-state index in [4.69, 9.17) is 9.47 Å². The van der Waals surface area contributed by atoms with Gasteiger partial charge in [-0.1, -0.05) is 134 Å². The highest BCUT2D eigenvalue weighted by atomic mass is 32.3. The number of likely N-dealkylation sites (N-methyl/N-ethyl adjacent to an activating group) is 1. The maximum atomic E-state index is 12.2. The molecule has 0 aliphatic rings. The number of aliphatic hydroxyl groups is 1. The number of unbranched alkanes of at least 4 members (excludes halogenated alkanes) is 19. The zero-order valence-corrected chi connectivity index (χ0v) is 36.5. The predicted octanol–water partition coefficient (Wildman–Crippen LogP) is 10.5. The fourth-order valence-corrected chi connectivity index (χ4v) is 5.90. The number of allylic oxidation sites excluding steroid dienone is 6. The van der Waals surface area contributed by atoms with Crippen LogP contribution in [0.4, 0.5) is 0 Å². The first kappa shape index (κ1) is 55.0. The molecule has 0 aliphatic carbocycles. The van der Waals surface area contributed by atoms with Crippen LogP contribution in [0.15, 0.2) is 36.5 Å². The second-order valence-electron chi connectivity index (χ2n) is 14.8. The molecule has 1 N–H and O–H groups in total. The van der Waals surface area contributed by atoms with Crippen molar-refractivity contribution < 1.29 is 45.8 Å². The SMILES string of the molecule is CCCCC/C=C\C/C=C\CCCCCCCC(=O)OCC[N+](C)(CCO)CCOC(=O)CCCCCCC/C=C\CCCCCCCC.COS(=O)(=O)[O-]. The molecule has 0 heterocycles. The van der Waals surface area contributed by atoms with Crippen LogP contribution in [0.25, 0.3) is 0 Å². The highest BCUT2D eigenvalue weighted by Crippen LogP contribution is 2.12. The summed E-state index contributed by atoms with van der Waals surface area (Å²) in [6, 6.07) is 0. The molecule has 0 saturated heterocycles. The molecule has 0 fully saturated rings. The minimum Gasteiger partial charge on any atom is -0.726 e. The largest absolute Gasteiger partial charge is 0.726 e. The summed E-state index contributed by atoms with van der Waals surface area (Å²) >= 11 is 0. The first-order valence-electron chi connectivity index (χ1n) is 21.8. The molecule has 10 nitrogen and oxygen atoms in total. The van der Waals surface area contributed by atoms with Gasteiger partial charge in [0.25, 0.3) is 0 Å². The molecule has 324 valence electrons. The lowest BCUT2D eigenvalue weighted by Crippen LogP contribution is -2.50. The molecule has 11 heteroatoms. The summed E-state index contributed by atoms with van der Waals surface area (Å²) in [5.74, 6) is -0.287. The third-order valence-corrected chi connectivity index (χ3v) is 10.0. The van der Waals surface area contributed by atoms with Gasteiger partial charge < -0.3 is 23.6 Å². The molecule has 55 heavy (non-hydrogen) atoms. The van der Waals surface area contributed by atoms with Crippen LogP contribution in [0.3, 0.4) is 0 Å². The third kappa shape index (κ3) is 46.2. The summed E-state index contributed by atoms with van der Waals surface area (Å²) in [5, 5.41) is 9.58. The van der Waals surface area contributed by atoms with Crippen LogP contribution in [-0.4, -0.2) is 88.1 Å². The summed E-state index contributed by atoms with van der Waals surface area (Å²) in [7, 11) is -1.59. The molecular formula is C44H83NO9S. The van der Waals surface area contributed by atoms with Crippen molar-refractivity contribution in [3.8, 4) is 0 Å². The summed E-state index contributed by atoms with van der Waals surface area (Å²) in [5.41, 5.74) is 0. The van der Waals surface area contributed by atoms with E-state index in [-0.39, 0.29) is 18.5 Å². The Morgan fingerprint density at radius 2 is 0.891 bits per heavy atom. The van der Waals surface area contributed by atoms with Crippen molar-refractivity contribution in [1.82, 2.24) is 0 Å². The first-order chi connectivity index (χ1) is 26.5. The van der Waals surface area contributed by atoms with E-state index in [1.807, 2.05) is 7.05 Å². The Morgan fingerprint density at radius 3 is 1.27 bits per heavy atom. The Bertz CT molecular complexity index is 1060. The van der Waals surface area contributed by atoms with Crippen LogP contribution in [0.2, 0.25) is 0 Å². The average molecular weight is 802 g/mol. The third-order valence-electron chi connectivity index (χ3n) is 9.61. The molecule has 1 unspecified atom stereocenters. The van der Waals surface area contributed by atoms with Crippen LogP contribution in [-0.2, 0) is 33.6 Å². The molecule has 0 radical (unpaired) electrons. The highest BCUT2D eigenvalue weighted by Gasteiger charge is 2.22. The van der Waals surface area contributed by atoms with E-state index in [1.165, 1.54) is 103 Å². The van der Waals surface area contributed by atoms with E-state index >= 15 is 0 Å². The summed E-state index contributed by atoms with van der Waals surface area (Å²) in [4.78, 5) is 24.5. The molecule has 1 atom stereocenters. The lowest BCUT2D eigenvalue weighted by atomic mass is 10.1. The number of quaternary nitrogens is 1. The normalized spacial score (nSPS) is 13.0. The van der Waals surface area contributed by atoms with Crippen LogP contribution in [0.5, 0.6) is 0 Å². The summed E-state index contributed by atoms with van der Waals surface area (Å²) < 4.78 is 42.5. The number of esters is 2. The van der Waals surface area contributed by atoms with Gasteiger partial charge in [0.15, 0.2) is 0 Å². The number of carbonyl (C=O) groups excluding carboxylic acids is 2. The number of hydrogen-bond donors (Lipinski definition) is 1. The van der Waals surface area contributed by atoms with Gasteiger partial charge in [-0.25, -0.2) is 8.42 Å². The van der Waals surface area contributed by atoms with Crippen LogP contribution in [0, 0.1) is 0 Å². The zero-order chi connectivity index (χ0) is 41.1. The van der Waals surface area contributed by atoms with Crippen LogP contribution >= 0.6 is 0 Å². The van der Waals surface area contributed by atoms with E-state index in [0.717, 1.165) is 58.5 Å².